The van der Waals surface area contributed by atoms with Gasteiger partial charge in [0, 0.05) is 0 Å². The Morgan fingerprint density at radius 1 is 1.11 bits per heavy atom. The fourth-order valence-electron chi connectivity index (χ4n) is 2.22. The molecule has 19 heavy (non-hydrogen) atoms. The van der Waals surface area contributed by atoms with Gasteiger partial charge in [0.05, 0.1) is 11.9 Å². The molecular weight excluding hydrogens is 238 g/mol. The van der Waals surface area contributed by atoms with Crippen LogP contribution in [-0.2, 0) is 0 Å². The van der Waals surface area contributed by atoms with Gasteiger partial charge in [-0.3, -0.25) is 4.79 Å². The number of hydrogen-bond acceptors (Lipinski definition) is 3. The molecule has 100 valence electrons. The van der Waals surface area contributed by atoms with E-state index in [9.17, 15) is 4.79 Å². The van der Waals surface area contributed by atoms with Crippen molar-refractivity contribution in [2.75, 3.05) is 0 Å². The molecule has 2 rings (SSSR count). The molecular formula is C15H19N3O. The minimum atomic E-state index is 0.355. The lowest BCUT2D eigenvalue weighted by molar-refractivity contribution is 0.111. The van der Waals surface area contributed by atoms with Gasteiger partial charge in [-0.15, -0.1) is 5.10 Å². The van der Waals surface area contributed by atoms with E-state index in [1.165, 1.54) is 11.1 Å². The summed E-state index contributed by atoms with van der Waals surface area (Å²) in [6.07, 6.45) is 2.40. The van der Waals surface area contributed by atoms with Crippen LogP contribution >= 0.6 is 0 Å². The standard InChI is InChI=1S/C15H19N3O/c1-10(2)13-6-5-7-14(11(3)4)15(13)18-8-12(9-19)16-17-18/h5-11H,1-4H3. The quantitative estimate of drug-likeness (QED) is 0.789. The van der Waals surface area contributed by atoms with E-state index in [4.69, 9.17) is 0 Å². The molecule has 2 aromatic rings. The van der Waals surface area contributed by atoms with Crippen molar-refractivity contribution in [3.05, 3.63) is 41.2 Å². The van der Waals surface area contributed by atoms with Crippen molar-refractivity contribution < 1.29 is 4.79 Å². The summed E-state index contributed by atoms with van der Waals surface area (Å²) in [5.41, 5.74) is 3.84. The second-order valence-electron chi connectivity index (χ2n) is 5.30. The van der Waals surface area contributed by atoms with Gasteiger partial charge in [0.2, 0.25) is 0 Å². The molecule has 0 atom stereocenters. The van der Waals surface area contributed by atoms with E-state index in [1.807, 2.05) is 0 Å². The Balaban J connectivity index is 2.67. The molecule has 0 aliphatic rings. The summed E-state index contributed by atoms with van der Waals surface area (Å²) in [5, 5.41) is 7.94. The zero-order chi connectivity index (χ0) is 14.0. The van der Waals surface area contributed by atoms with E-state index in [-0.39, 0.29) is 0 Å². The minimum absolute atomic E-state index is 0.355. The number of hydrogen-bond donors (Lipinski definition) is 0. The summed E-state index contributed by atoms with van der Waals surface area (Å²) in [4.78, 5) is 10.8. The maximum atomic E-state index is 10.8. The Morgan fingerprint density at radius 3 is 2.11 bits per heavy atom. The second-order valence-corrected chi connectivity index (χ2v) is 5.30. The highest BCUT2D eigenvalue weighted by Gasteiger charge is 2.16. The average molecular weight is 257 g/mol. The topological polar surface area (TPSA) is 47.8 Å². The maximum absolute atomic E-state index is 10.8. The van der Waals surface area contributed by atoms with Crippen LogP contribution in [0.3, 0.4) is 0 Å². The first-order valence-corrected chi connectivity index (χ1v) is 6.55. The van der Waals surface area contributed by atoms with Gasteiger partial charge in [-0.1, -0.05) is 51.1 Å². The summed E-state index contributed by atoms with van der Waals surface area (Å²) >= 11 is 0. The van der Waals surface area contributed by atoms with E-state index >= 15 is 0 Å². The van der Waals surface area contributed by atoms with Gasteiger partial charge in [0.25, 0.3) is 0 Å². The summed E-state index contributed by atoms with van der Waals surface area (Å²) in [6.45, 7) is 8.61. The first-order valence-electron chi connectivity index (χ1n) is 6.55. The van der Waals surface area contributed by atoms with Gasteiger partial charge < -0.3 is 0 Å². The molecule has 0 saturated heterocycles. The molecule has 0 amide bonds. The molecule has 4 heteroatoms. The molecule has 1 aromatic heterocycles. The van der Waals surface area contributed by atoms with Crippen LogP contribution < -0.4 is 0 Å². The first-order chi connectivity index (χ1) is 9.04. The van der Waals surface area contributed by atoms with Crippen LogP contribution in [-0.4, -0.2) is 21.3 Å². The number of benzene rings is 1. The fourth-order valence-corrected chi connectivity index (χ4v) is 2.22. The fraction of sp³-hybridized carbons (Fsp3) is 0.400. The van der Waals surface area contributed by atoms with E-state index < -0.39 is 0 Å². The molecule has 0 aliphatic carbocycles. The van der Waals surface area contributed by atoms with E-state index in [2.05, 4.69) is 56.2 Å². The zero-order valence-electron chi connectivity index (χ0n) is 11.8. The van der Waals surface area contributed by atoms with Crippen LogP contribution in [0.5, 0.6) is 0 Å². The normalized spacial score (nSPS) is 11.3. The molecule has 1 aromatic carbocycles. The highest BCUT2D eigenvalue weighted by Crippen LogP contribution is 2.30. The number of aromatic nitrogens is 3. The van der Waals surface area contributed by atoms with Gasteiger partial charge in [0.1, 0.15) is 5.69 Å². The van der Waals surface area contributed by atoms with E-state index in [1.54, 1.807) is 10.9 Å². The summed E-state index contributed by atoms with van der Waals surface area (Å²) < 4.78 is 1.72. The third-order valence-electron chi connectivity index (χ3n) is 3.20. The molecule has 0 saturated carbocycles. The van der Waals surface area contributed by atoms with E-state index in [0.29, 0.717) is 17.5 Å². The van der Waals surface area contributed by atoms with Crippen LogP contribution in [0.15, 0.2) is 24.4 Å². The highest BCUT2D eigenvalue weighted by atomic mass is 16.1. The Bertz CT molecular complexity index is 559. The SMILES string of the molecule is CC(C)c1cccc(C(C)C)c1-n1cc(C=O)nn1. The Labute approximate surface area is 113 Å². The van der Waals surface area contributed by atoms with Crippen LogP contribution in [0.4, 0.5) is 0 Å². The van der Waals surface area contributed by atoms with Gasteiger partial charge >= 0.3 is 0 Å². The smallest absolute Gasteiger partial charge is 0.171 e. The Hall–Kier alpha value is -1.97. The molecule has 0 spiro atoms. The van der Waals surface area contributed by atoms with Gasteiger partial charge in [-0.25, -0.2) is 4.68 Å². The number of carbonyl (C=O) groups is 1. The molecule has 0 bridgehead atoms. The van der Waals surface area contributed by atoms with Gasteiger partial charge in [-0.2, -0.15) is 0 Å². The third kappa shape index (κ3) is 2.57. The molecule has 4 nitrogen and oxygen atoms in total. The summed E-state index contributed by atoms with van der Waals surface area (Å²) in [6, 6.07) is 6.29. The first kappa shape index (κ1) is 13.5. The number of para-hydroxylation sites is 1. The van der Waals surface area contributed by atoms with Crippen LogP contribution in [0.2, 0.25) is 0 Å². The van der Waals surface area contributed by atoms with Crippen molar-refractivity contribution in [1.29, 1.82) is 0 Å². The van der Waals surface area contributed by atoms with Crippen molar-refractivity contribution in [3.63, 3.8) is 0 Å². The number of rotatable bonds is 4. The molecule has 1 heterocycles. The van der Waals surface area contributed by atoms with Crippen LogP contribution in [0.25, 0.3) is 5.69 Å². The minimum Gasteiger partial charge on any atom is -0.296 e. The monoisotopic (exact) mass is 257 g/mol. The van der Waals surface area contributed by atoms with Crippen molar-refractivity contribution >= 4 is 6.29 Å². The van der Waals surface area contributed by atoms with Crippen molar-refractivity contribution in [2.45, 2.75) is 39.5 Å². The summed E-state index contributed by atoms with van der Waals surface area (Å²) in [7, 11) is 0. The lowest BCUT2D eigenvalue weighted by Crippen LogP contribution is -2.07. The number of nitrogens with zero attached hydrogens (tertiary/aromatic N) is 3. The largest absolute Gasteiger partial charge is 0.296 e. The highest BCUT2D eigenvalue weighted by molar-refractivity contribution is 5.71. The van der Waals surface area contributed by atoms with Crippen LogP contribution in [0, 0.1) is 0 Å². The predicted molar refractivity (Wildman–Crippen MR) is 74.9 cm³/mol. The Morgan fingerprint density at radius 2 is 1.68 bits per heavy atom. The van der Waals surface area contributed by atoms with Gasteiger partial charge in [0.15, 0.2) is 6.29 Å². The van der Waals surface area contributed by atoms with Crippen molar-refractivity contribution in [3.8, 4) is 5.69 Å². The maximum Gasteiger partial charge on any atom is 0.171 e. The molecule has 0 N–H and O–H groups in total. The molecule has 0 aliphatic heterocycles. The van der Waals surface area contributed by atoms with Crippen molar-refractivity contribution in [2.24, 2.45) is 0 Å². The summed E-state index contributed by atoms with van der Waals surface area (Å²) in [5.74, 6) is 0.773. The molecule has 0 radical (unpaired) electrons. The second kappa shape index (κ2) is 5.34. The van der Waals surface area contributed by atoms with E-state index in [0.717, 1.165) is 12.0 Å². The van der Waals surface area contributed by atoms with Crippen molar-refractivity contribution in [1.82, 2.24) is 15.0 Å². The lowest BCUT2D eigenvalue weighted by atomic mass is 9.93. The van der Waals surface area contributed by atoms with Crippen LogP contribution in [0.1, 0.15) is 61.1 Å². The lowest BCUT2D eigenvalue weighted by Gasteiger charge is -2.18. The number of carbonyl (C=O) groups excluding carboxylic acids is 1. The Kier molecular flexibility index (Phi) is 3.79. The van der Waals surface area contributed by atoms with Gasteiger partial charge in [-0.05, 0) is 23.0 Å². The molecule has 0 fully saturated rings. The third-order valence-corrected chi connectivity index (χ3v) is 3.20. The zero-order valence-corrected chi connectivity index (χ0v) is 11.8. The number of aldehydes is 1. The molecule has 0 unspecified atom stereocenters. The average Bonchev–Trinajstić information content (AvgIpc) is 2.86. The predicted octanol–water partition coefficient (Wildman–Crippen LogP) is 3.33.